The molecule has 5 heteroatoms. The minimum absolute atomic E-state index is 0.0534. The van der Waals surface area contributed by atoms with E-state index in [2.05, 4.69) is 39.5 Å². The van der Waals surface area contributed by atoms with E-state index in [4.69, 9.17) is 4.74 Å². The van der Waals surface area contributed by atoms with Crippen molar-refractivity contribution in [3.8, 4) is 5.75 Å². The van der Waals surface area contributed by atoms with Gasteiger partial charge in [0.05, 0.1) is 18.7 Å². The topological polar surface area (TPSA) is 58.6 Å². The Labute approximate surface area is 161 Å². The molecule has 4 rings (SSSR count). The lowest BCUT2D eigenvalue weighted by Crippen LogP contribution is -2.31. The molecule has 0 radical (unpaired) electrons. The first kappa shape index (κ1) is 17.2. The summed E-state index contributed by atoms with van der Waals surface area (Å²) in [5.41, 5.74) is 4.37. The highest BCUT2D eigenvalue weighted by Crippen LogP contribution is 2.53. The van der Waals surface area contributed by atoms with Gasteiger partial charge >= 0.3 is 5.97 Å². The maximum absolute atomic E-state index is 11.8. The van der Waals surface area contributed by atoms with E-state index in [1.54, 1.807) is 13.2 Å². The summed E-state index contributed by atoms with van der Waals surface area (Å²) >= 11 is 3.56. The first-order valence-electron chi connectivity index (χ1n) is 8.64. The summed E-state index contributed by atoms with van der Waals surface area (Å²) in [6.45, 7) is 2.02. The van der Waals surface area contributed by atoms with E-state index in [0.717, 1.165) is 39.0 Å². The van der Waals surface area contributed by atoms with Gasteiger partial charge in [0.25, 0.3) is 0 Å². The van der Waals surface area contributed by atoms with Crippen molar-refractivity contribution in [2.75, 3.05) is 12.4 Å². The summed E-state index contributed by atoms with van der Waals surface area (Å²) < 4.78 is 6.61. The van der Waals surface area contributed by atoms with Crippen molar-refractivity contribution >= 4 is 27.6 Å². The Bertz CT molecular complexity index is 922. The van der Waals surface area contributed by atoms with E-state index in [1.807, 2.05) is 25.1 Å². The molecular weight excluding hydrogens is 394 g/mol. The lowest BCUT2D eigenvalue weighted by Gasteiger charge is -2.39. The molecule has 0 amide bonds. The summed E-state index contributed by atoms with van der Waals surface area (Å²) in [7, 11) is 1.68. The number of ether oxygens (including phenoxy) is 1. The second-order valence-corrected chi connectivity index (χ2v) is 7.80. The Morgan fingerprint density at radius 1 is 1.31 bits per heavy atom. The fourth-order valence-corrected chi connectivity index (χ4v) is 4.68. The second-order valence-electron chi connectivity index (χ2n) is 6.89. The van der Waals surface area contributed by atoms with Gasteiger partial charge in [-0.1, -0.05) is 34.1 Å². The van der Waals surface area contributed by atoms with Gasteiger partial charge in [-0.2, -0.15) is 0 Å². The number of allylic oxidation sites excluding steroid dienone is 2. The molecule has 2 aromatic rings. The summed E-state index contributed by atoms with van der Waals surface area (Å²) in [6.07, 6.45) is 5.23. The first-order chi connectivity index (χ1) is 12.5. The molecule has 0 bridgehead atoms. The van der Waals surface area contributed by atoms with Crippen molar-refractivity contribution in [3.63, 3.8) is 0 Å². The highest BCUT2D eigenvalue weighted by Gasteiger charge is 2.41. The number of carbonyl (C=O) groups is 1. The molecule has 26 heavy (non-hydrogen) atoms. The van der Waals surface area contributed by atoms with E-state index in [0.29, 0.717) is 5.56 Å². The quantitative estimate of drug-likeness (QED) is 0.670. The van der Waals surface area contributed by atoms with Crippen LogP contribution in [0, 0.1) is 12.8 Å². The van der Waals surface area contributed by atoms with Crippen molar-refractivity contribution < 1.29 is 14.6 Å². The van der Waals surface area contributed by atoms with Gasteiger partial charge in [-0.15, -0.1) is 0 Å². The van der Waals surface area contributed by atoms with Crippen LogP contribution in [0.3, 0.4) is 0 Å². The molecule has 1 aliphatic carbocycles. The Morgan fingerprint density at radius 2 is 2.12 bits per heavy atom. The maximum atomic E-state index is 11.8. The number of carboxylic acids is 1. The van der Waals surface area contributed by atoms with Crippen LogP contribution in [0.15, 0.2) is 47.0 Å². The Balaban J connectivity index is 1.90. The van der Waals surface area contributed by atoms with Crippen molar-refractivity contribution in [3.05, 3.63) is 69.2 Å². The number of anilines is 1. The zero-order valence-electron chi connectivity index (χ0n) is 14.6. The van der Waals surface area contributed by atoms with Gasteiger partial charge in [-0.3, -0.25) is 0 Å². The standard InChI is InChI=1S/C21H20BrNO3/c1-11-6-8-15(21(24)25)18-13-4-3-5-14(13)20(23-19(11)18)16-10-12(22)7-9-17(16)26-2/h3-4,6-10,13-14,20,23H,5H2,1-2H3,(H,24,25)/t13-,14-,20-/m1/s1. The molecule has 0 fully saturated rings. The van der Waals surface area contributed by atoms with Crippen LogP contribution in [0.25, 0.3) is 0 Å². The zero-order chi connectivity index (χ0) is 18.4. The number of hydrogen-bond donors (Lipinski definition) is 2. The Morgan fingerprint density at radius 3 is 2.85 bits per heavy atom. The smallest absolute Gasteiger partial charge is 0.336 e. The predicted octanol–water partition coefficient (Wildman–Crippen LogP) is 5.29. The molecule has 0 saturated heterocycles. The first-order valence-corrected chi connectivity index (χ1v) is 9.44. The van der Waals surface area contributed by atoms with E-state index in [-0.39, 0.29) is 17.9 Å². The summed E-state index contributed by atoms with van der Waals surface area (Å²) in [6, 6.07) is 9.68. The van der Waals surface area contributed by atoms with Crippen LogP contribution in [-0.4, -0.2) is 18.2 Å². The molecule has 2 N–H and O–H groups in total. The lowest BCUT2D eigenvalue weighted by molar-refractivity contribution is 0.0695. The predicted molar refractivity (Wildman–Crippen MR) is 105 cm³/mol. The van der Waals surface area contributed by atoms with Gasteiger partial charge in [0.2, 0.25) is 0 Å². The number of aromatic carboxylic acids is 1. The molecule has 1 aliphatic heterocycles. The molecule has 0 saturated carbocycles. The Hall–Kier alpha value is -2.27. The molecule has 2 aliphatic rings. The third-order valence-electron chi connectivity index (χ3n) is 5.49. The number of fused-ring (bicyclic) bond motifs is 3. The number of hydrogen-bond acceptors (Lipinski definition) is 3. The van der Waals surface area contributed by atoms with Crippen LogP contribution < -0.4 is 10.1 Å². The minimum Gasteiger partial charge on any atom is -0.496 e. The summed E-state index contributed by atoms with van der Waals surface area (Å²) in [5, 5.41) is 13.3. The zero-order valence-corrected chi connectivity index (χ0v) is 16.2. The number of benzene rings is 2. The fraction of sp³-hybridized carbons (Fsp3) is 0.286. The molecule has 1 heterocycles. The van der Waals surface area contributed by atoms with Gasteiger partial charge in [0.1, 0.15) is 5.75 Å². The molecule has 0 unspecified atom stereocenters. The van der Waals surface area contributed by atoms with Gasteiger partial charge in [-0.25, -0.2) is 4.79 Å². The minimum atomic E-state index is -0.874. The number of rotatable bonds is 3. The number of methoxy groups -OCH3 is 1. The highest BCUT2D eigenvalue weighted by atomic mass is 79.9. The van der Waals surface area contributed by atoms with Crippen LogP contribution in [0.5, 0.6) is 5.75 Å². The van der Waals surface area contributed by atoms with Crippen LogP contribution in [0.1, 0.15) is 45.4 Å². The highest BCUT2D eigenvalue weighted by molar-refractivity contribution is 9.10. The molecule has 0 spiro atoms. The summed E-state index contributed by atoms with van der Waals surface area (Å²) in [5.74, 6) is 0.309. The van der Waals surface area contributed by atoms with E-state index in [1.165, 1.54) is 0 Å². The van der Waals surface area contributed by atoms with Crippen molar-refractivity contribution in [1.29, 1.82) is 0 Å². The molecular formula is C21H20BrNO3. The van der Waals surface area contributed by atoms with Gasteiger partial charge in [0.15, 0.2) is 0 Å². The van der Waals surface area contributed by atoms with Gasteiger partial charge < -0.3 is 15.2 Å². The molecule has 4 nitrogen and oxygen atoms in total. The number of nitrogens with one attached hydrogen (secondary N) is 1. The van der Waals surface area contributed by atoms with E-state index >= 15 is 0 Å². The number of halogens is 1. The largest absolute Gasteiger partial charge is 0.496 e. The van der Waals surface area contributed by atoms with Crippen molar-refractivity contribution in [1.82, 2.24) is 0 Å². The van der Waals surface area contributed by atoms with E-state index in [9.17, 15) is 9.90 Å². The van der Waals surface area contributed by atoms with Crippen molar-refractivity contribution in [2.45, 2.75) is 25.3 Å². The monoisotopic (exact) mass is 413 g/mol. The third-order valence-corrected chi connectivity index (χ3v) is 5.98. The summed E-state index contributed by atoms with van der Waals surface area (Å²) in [4.78, 5) is 11.8. The van der Waals surface area contributed by atoms with Gasteiger partial charge in [-0.05, 0) is 54.7 Å². The van der Waals surface area contributed by atoms with E-state index < -0.39 is 5.97 Å². The molecule has 3 atom stereocenters. The molecule has 0 aromatic heterocycles. The second kappa shape index (κ2) is 6.47. The van der Waals surface area contributed by atoms with Crippen LogP contribution in [-0.2, 0) is 0 Å². The van der Waals surface area contributed by atoms with Crippen molar-refractivity contribution in [2.24, 2.45) is 5.92 Å². The lowest BCUT2D eigenvalue weighted by atomic mass is 9.74. The average Bonchev–Trinajstić information content (AvgIpc) is 3.11. The van der Waals surface area contributed by atoms with Crippen LogP contribution in [0.2, 0.25) is 0 Å². The van der Waals surface area contributed by atoms with Crippen LogP contribution >= 0.6 is 15.9 Å². The number of aryl methyl sites for hydroxylation is 1. The SMILES string of the molecule is COc1ccc(Br)cc1[C@@H]1Nc2c(C)ccc(C(=O)O)c2[C@@H]2C=CC[C@H]21. The molecule has 2 aromatic carbocycles. The maximum Gasteiger partial charge on any atom is 0.336 e. The van der Waals surface area contributed by atoms with Gasteiger partial charge in [0, 0.05) is 21.6 Å². The number of carboxylic acid groups (broad SMARTS) is 1. The van der Waals surface area contributed by atoms with Crippen LogP contribution in [0.4, 0.5) is 5.69 Å². The fourth-order valence-electron chi connectivity index (χ4n) is 4.30. The average molecular weight is 414 g/mol. The third kappa shape index (κ3) is 2.62. The molecule has 134 valence electrons. The Kier molecular flexibility index (Phi) is 4.27. The normalized spacial score (nSPS) is 23.1.